The van der Waals surface area contributed by atoms with E-state index in [1.165, 1.54) is 0 Å². The van der Waals surface area contributed by atoms with Crippen molar-refractivity contribution < 1.29 is 9.59 Å². The largest absolute Gasteiger partial charge is 0.302 e. The van der Waals surface area contributed by atoms with Crippen LogP contribution in [0, 0.1) is 0 Å². The molecule has 14 heavy (non-hydrogen) atoms. The van der Waals surface area contributed by atoms with E-state index < -0.39 is 0 Å². The lowest BCUT2D eigenvalue weighted by molar-refractivity contribution is -0.125. The van der Waals surface area contributed by atoms with Crippen molar-refractivity contribution in [1.82, 2.24) is 10.6 Å². The Kier molecular flexibility index (Phi) is 4.41. The second-order valence-corrected chi connectivity index (χ2v) is 4.72. The molecule has 5 heteroatoms. The van der Waals surface area contributed by atoms with Gasteiger partial charge in [0.15, 0.2) is 0 Å². The van der Waals surface area contributed by atoms with Crippen LogP contribution in [0.3, 0.4) is 0 Å². The van der Waals surface area contributed by atoms with E-state index in [0.29, 0.717) is 0 Å². The van der Waals surface area contributed by atoms with Crippen LogP contribution in [0.1, 0.15) is 20.3 Å². The quantitative estimate of drug-likeness (QED) is 0.642. The molecular formula is C9H16N2O2S. The van der Waals surface area contributed by atoms with E-state index >= 15 is 0 Å². The fourth-order valence-corrected chi connectivity index (χ4v) is 2.06. The molecule has 1 heterocycles. The van der Waals surface area contributed by atoms with Crippen LogP contribution in [0.25, 0.3) is 0 Å². The summed E-state index contributed by atoms with van der Waals surface area (Å²) in [5, 5.41) is 5.42. The van der Waals surface area contributed by atoms with E-state index in [4.69, 9.17) is 0 Å². The summed E-state index contributed by atoms with van der Waals surface area (Å²) in [4.78, 5) is 22.1. The number of imide groups is 1. The molecule has 2 N–H and O–H groups in total. The van der Waals surface area contributed by atoms with Gasteiger partial charge in [0.25, 0.3) is 0 Å². The van der Waals surface area contributed by atoms with Crippen LogP contribution >= 0.6 is 11.8 Å². The van der Waals surface area contributed by atoms with Gasteiger partial charge in [0, 0.05) is 11.8 Å². The minimum atomic E-state index is -0.324. The lowest BCUT2D eigenvalue weighted by atomic mass is 10.2. The lowest BCUT2D eigenvalue weighted by Gasteiger charge is -2.16. The van der Waals surface area contributed by atoms with Gasteiger partial charge in [-0.3, -0.25) is 14.9 Å². The summed E-state index contributed by atoms with van der Waals surface area (Å²) >= 11 is 1.82. The van der Waals surface area contributed by atoms with Gasteiger partial charge in [0.2, 0.25) is 11.8 Å². The van der Waals surface area contributed by atoms with Gasteiger partial charge in [-0.2, -0.15) is 11.8 Å². The van der Waals surface area contributed by atoms with Crippen LogP contribution in [-0.4, -0.2) is 35.4 Å². The standard InChI is InChI=1S/C9H16N2O2S/c1-3-14-5-6(2)10-7-4-8(12)11-9(7)13/h6-7,10H,3-5H2,1-2H3,(H,11,12,13). The molecule has 1 fully saturated rings. The van der Waals surface area contributed by atoms with Crippen molar-refractivity contribution in [2.75, 3.05) is 11.5 Å². The Morgan fingerprint density at radius 1 is 1.64 bits per heavy atom. The molecule has 2 unspecified atom stereocenters. The Bertz CT molecular complexity index is 233. The molecule has 0 aromatic heterocycles. The molecule has 0 aromatic carbocycles. The third-order valence-electron chi connectivity index (χ3n) is 2.03. The predicted octanol–water partition coefficient (Wildman–Crippen LogP) is 0.133. The van der Waals surface area contributed by atoms with Gasteiger partial charge < -0.3 is 5.32 Å². The molecule has 1 aliphatic heterocycles. The first-order valence-electron chi connectivity index (χ1n) is 4.81. The molecule has 0 saturated carbocycles. The predicted molar refractivity (Wildman–Crippen MR) is 57.2 cm³/mol. The number of amides is 2. The van der Waals surface area contributed by atoms with Gasteiger partial charge in [-0.1, -0.05) is 6.92 Å². The van der Waals surface area contributed by atoms with Crippen molar-refractivity contribution in [2.45, 2.75) is 32.4 Å². The first-order valence-corrected chi connectivity index (χ1v) is 5.96. The van der Waals surface area contributed by atoms with Crippen LogP contribution in [0.15, 0.2) is 0 Å². The number of carbonyl (C=O) groups excluding carboxylic acids is 2. The number of thioether (sulfide) groups is 1. The normalized spacial score (nSPS) is 23.7. The zero-order valence-corrected chi connectivity index (χ0v) is 9.32. The van der Waals surface area contributed by atoms with Gasteiger partial charge >= 0.3 is 0 Å². The van der Waals surface area contributed by atoms with Crippen molar-refractivity contribution in [3.8, 4) is 0 Å². The summed E-state index contributed by atoms with van der Waals surface area (Å²) in [7, 11) is 0. The Morgan fingerprint density at radius 2 is 2.36 bits per heavy atom. The molecule has 0 bridgehead atoms. The van der Waals surface area contributed by atoms with Crippen molar-refractivity contribution in [3.05, 3.63) is 0 Å². The molecule has 0 spiro atoms. The van der Waals surface area contributed by atoms with Gasteiger partial charge in [-0.25, -0.2) is 0 Å². The maximum Gasteiger partial charge on any atom is 0.244 e. The summed E-state index contributed by atoms with van der Waals surface area (Å²) < 4.78 is 0. The Hall–Kier alpha value is -0.550. The second kappa shape index (κ2) is 5.36. The van der Waals surface area contributed by atoms with E-state index in [9.17, 15) is 9.59 Å². The summed E-state index contributed by atoms with van der Waals surface area (Å²) in [5.74, 6) is 1.67. The average Bonchev–Trinajstić information content (AvgIpc) is 2.42. The molecule has 4 nitrogen and oxygen atoms in total. The molecule has 0 radical (unpaired) electrons. The van der Waals surface area contributed by atoms with Crippen LogP contribution in [-0.2, 0) is 9.59 Å². The molecule has 80 valence electrons. The van der Waals surface area contributed by atoms with Gasteiger partial charge in [-0.05, 0) is 12.7 Å². The maximum atomic E-state index is 11.2. The van der Waals surface area contributed by atoms with Crippen molar-refractivity contribution in [3.63, 3.8) is 0 Å². The molecule has 2 atom stereocenters. The third kappa shape index (κ3) is 3.31. The molecule has 1 saturated heterocycles. The molecule has 1 aliphatic rings. The first kappa shape index (κ1) is 11.5. The summed E-state index contributed by atoms with van der Waals surface area (Å²) in [6.45, 7) is 4.13. The first-order chi connectivity index (χ1) is 6.63. The maximum absolute atomic E-state index is 11.2. The highest BCUT2D eigenvalue weighted by Crippen LogP contribution is 2.06. The second-order valence-electron chi connectivity index (χ2n) is 3.40. The topological polar surface area (TPSA) is 58.2 Å². The lowest BCUT2D eigenvalue weighted by Crippen LogP contribution is -2.42. The van der Waals surface area contributed by atoms with E-state index in [2.05, 4.69) is 17.6 Å². The molecule has 1 rings (SSSR count). The average molecular weight is 216 g/mol. The van der Waals surface area contributed by atoms with E-state index in [1.54, 1.807) is 0 Å². The number of hydrogen-bond acceptors (Lipinski definition) is 4. The minimum Gasteiger partial charge on any atom is -0.302 e. The Balaban J connectivity index is 2.29. The summed E-state index contributed by atoms with van der Waals surface area (Å²) in [5.41, 5.74) is 0. The molecule has 2 amide bonds. The molecule has 0 aliphatic carbocycles. The number of hydrogen-bond donors (Lipinski definition) is 2. The van der Waals surface area contributed by atoms with Crippen LogP contribution < -0.4 is 10.6 Å². The minimum absolute atomic E-state index is 0.178. The highest BCUT2D eigenvalue weighted by molar-refractivity contribution is 7.99. The summed E-state index contributed by atoms with van der Waals surface area (Å²) in [6, 6.07) is -0.0587. The van der Waals surface area contributed by atoms with Gasteiger partial charge in [0.05, 0.1) is 12.5 Å². The fraction of sp³-hybridized carbons (Fsp3) is 0.778. The number of rotatable bonds is 5. The molecular weight excluding hydrogens is 200 g/mol. The summed E-state index contributed by atoms with van der Waals surface area (Å²) in [6.07, 6.45) is 0.278. The van der Waals surface area contributed by atoms with E-state index in [0.717, 1.165) is 11.5 Å². The van der Waals surface area contributed by atoms with E-state index in [-0.39, 0.29) is 30.3 Å². The highest BCUT2D eigenvalue weighted by Gasteiger charge is 2.30. The van der Waals surface area contributed by atoms with Crippen LogP contribution in [0.4, 0.5) is 0 Å². The zero-order valence-electron chi connectivity index (χ0n) is 8.50. The fourth-order valence-electron chi connectivity index (χ4n) is 1.37. The number of nitrogens with one attached hydrogen (secondary N) is 2. The monoisotopic (exact) mass is 216 g/mol. The van der Waals surface area contributed by atoms with Crippen molar-refractivity contribution >= 4 is 23.6 Å². The van der Waals surface area contributed by atoms with Gasteiger partial charge in [-0.15, -0.1) is 0 Å². The van der Waals surface area contributed by atoms with Crippen molar-refractivity contribution in [1.29, 1.82) is 0 Å². The van der Waals surface area contributed by atoms with Crippen LogP contribution in [0.5, 0.6) is 0 Å². The smallest absolute Gasteiger partial charge is 0.244 e. The Labute approximate surface area is 88.2 Å². The Morgan fingerprint density at radius 3 is 2.86 bits per heavy atom. The molecule has 0 aromatic rings. The van der Waals surface area contributed by atoms with E-state index in [1.807, 2.05) is 18.7 Å². The zero-order chi connectivity index (χ0) is 10.6. The number of carbonyl (C=O) groups is 2. The van der Waals surface area contributed by atoms with Gasteiger partial charge in [0.1, 0.15) is 0 Å². The SMILES string of the molecule is CCSCC(C)NC1CC(=O)NC1=O. The third-order valence-corrected chi connectivity index (χ3v) is 3.17. The van der Waals surface area contributed by atoms with Crippen molar-refractivity contribution in [2.24, 2.45) is 0 Å². The highest BCUT2D eigenvalue weighted by atomic mass is 32.2. The van der Waals surface area contributed by atoms with Crippen LogP contribution in [0.2, 0.25) is 0 Å².